The van der Waals surface area contributed by atoms with Crippen molar-refractivity contribution in [1.82, 2.24) is 9.88 Å². The van der Waals surface area contributed by atoms with Crippen LogP contribution in [0.15, 0.2) is 18.3 Å². The number of hydrogen-bond donors (Lipinski definition) is 1. The Kier molecular flexibility index (Phi) is 3.87. The summed E-state index contributed by atoms with van der Waals surface area (Å²) in [5.74, 6) is 1.12. The Labute approximate surface area is 118 Å². The molecule has 5 heteroatoms. The molecule has 1 N–H and O–H groups in total. The van der Waals surface area contributed by atoms with Crippen LogP contribution in [0.25, 0.3) is 0 Å². The molecule has 20 heavy (non-hydrogen) atoms. The first-order chi connectivity index (χ1) is 9.72. The zero-order chi connectivity index (χ0) is 13.9. The molecule has 2 aliphatic rings. The molecule has 1 atom stereocenters. The number of aliphatic hydroxyl groups excluding tert-OH is 1. The van der Waals surface area contributed by atoms with Gasteiger partial charge in [-0.3, -0.25) is 4.79 Å². The maximum absolute atomic E-state index is 12.4. The van der Waals surface area contributed by atoms with Crippen LogP contribution in [-0.4, -0.2) is 46.7 Å². The van der Waals surface area contributed by atoms with Gasteiger partial charge >= 0.3 is 0 Å². The Bertz CT molecular complexity index is 488. The second-order valence-corrected chi connectivity index (χ2v) is 5.68. The summed E-state index contributed by atoms with van der Waals surface area (Å²) in [7, 11) is 0. The molecule has 1 amide bonds. The van der Waals surface area contributed by atoms with Crippen molar-refractivity contribution in [2.45, 2.75) is 31.8 Å². The third-order valence-electron chi connectivity index (χ3n) is 3.83. The first-order valence-corrected chi connectivity index (χ1v) is 7.28. The van der Waals surface area contributed by atoms with Gasteiger partial charge < -0.3 is 14.7 Å². The fraction of sp³-hybridized carbons (Fsp3) is 0.600. The molecule has 0 spiro atoms. The van der Waals surface area contributed by atoms with Crippen molar-refractivity contribution in [1.29, 1.82) is 0 Å². The van der Waals surface area contributed by atoms with Gasteiger partial charge in [0.2, 0.25) is 5.88 Å². The van der Waals surface area contributed by atoms with E-state index in [4.69, 9.17) is 4.74 Å². The monoisotopic (exact) mass is 276 g/mol. The molecule has 5 nitrogen and oxygen atoms in total. The van der Waals surface area contributed by atoms with Gasteiger partial charge in [-0.15, -0.1) is 0 Å². The van der Waals surface area contributed by atoms with E-state index >= 15 is 0 Å². The smallest absolute Gasteiger partial charge is 0.254 e. The lowest BCUT2D eigenvalue weighted by molar-refractivity contribution is 0.0473. The van der Waals surface area contributed by atoms with E-state index in [1.807, 2.05) is 0 Å². The summed E-state index contributed by atoms with van der Waals surface area (Å²) in [6.07, 6.45) is 5.28. The van der Waals surface area contributed by atoms with E-state index in [1.54, 1.807) is 23.2 Å². The Morgan fingerprint density at radius 2 is 2.30 bits per heavy atom. The van der Waals surface area contributed by atoms with Gasteiger partial charge in [0.15, 0.2) is 0 Å². The van der Waals surface area contributed by atoms with Crippen molar-refractivity contribution in [3.05, 3.63) is 23.9 Å². The number of piperidine rings is 1. The van der Waals surface area contributed by atoms with E-state index in [0.717, 1.165) is 12.8 Å². The topological polar surface area (TPSA) is 62.7 Å². The predicted octanol–water partition coefficient (Wildman–Crippen LogP) is 1.47. The fourth-order valence-electron chi connectivity index (χ4n) is 2.43. The Morgan fingerprint density at radius 3 is 3.05 bits per heavy atom. The molecule has 1 saturated carbocycles. The normalized spacial score (nSPS) is 22.6. The van der Waals surface area contributed by atoms with Crippen LogP contribution in [-0.2, 0) is 0 Å². The number of carbonyl (C=O) groups is 1. The van der Waals surface area contributed by atoms with Gasteiger partial charge in [-0.1, -0.05) is 0 Å². The molecule has 1 saturated heterocycles. The molecule has 1 aliphatic heterocycles. The van der Waals surface area contributed by atoms with E-state index in [-0.39, 0.29) is 5.91 Å². The Hall–Kier alpha value is -1.62. The van der Waals surface area contributed by atoms with Crippen LogP contribution in [0.3, 0.4) is 0 Å². The standard InChI is InChI=1S/C15H20N2O3/c18-13-2-1-7-17(9-13)15(19)12-5-6-16-14(8-12)20-10-11-3-4-11/h5-6,8,11,13,18H,1-4,7,9-10H2/t13-/m0/s1. The molecule has 3 rings (SSSR count). The number of likely N-dealkylation sites (tertiary alicyclic amines) is 1. The SMILES string of the molecule is O=C(c1ccnc(OCC2CC2)c1)N1CCC[C@H](O)C1. The lowest BCUT2D eigenvalue weighted by atomic mass is 10.1. The van der Waals surface area contributed by atoms with Crippen LogP contribution < -0.4 is 4.74 Å². The first-order valence-electron chi connectivity index (χ1n) is 7.28. The zero-order valence-corrected chi connectivity index (χ0v) is 11.5. The Morgan fingerprint density at radius 1 is 1.45 bits per heavy atom. The molecule has 0 bridgehead atoms. The number of β-amino-alcohol motifs (C(OH)–C–C–N with tert-alkyl or cyclic N) is 1. The van der Waals surface area contributed by atoms with Crippen LogP contribution in [0.4, 0.5) is 0 Å². The van der Waals surface area contributed by atoms with E-state index in [2.05, 4.69) is 4.98 Å². The van der Waals surface area contributed by atoms with Gasteiger partial charge in [0.1, 0.15) is 0 Å². The number of aliphatic hydroxyl groups is 1. The number of amides is 1. The molecule has 1 aromatic rings. The van der Waals surface area contributed by atoms with Crippen LogP contribution >= 0.6 is 0 Å². The molecule has 0 radical (unpaired) electrons. The molecule has 2 heterocycles. The van der Waals surface area contributed by atoms with Crippen molar-refractivity contribution in [2.24, 2.45) is 5.92 Å². The van der Waals surface area contributed by atoms with Gasteiger partial charge in [-0.25, -0.2) is 4.98 Å². The number of aromatic nitrogens is 1. The third-order valence-corrected chi connectivity index (χ3v) is 3.83. The van der Waals surface area contributed by atoms with E-state index in [1.165, 1.54) is 12.8 Å². The highest BCUT2D eigenvalue weighted by atomic mass is 16.5. The largest absolute Gasteiger partial charge is 0.477 e. The minimum Gasteiger partial charge on any atom is -0.477 e. The predicted molar refractivity (Wildman–Crippen MR) is 73.6 cm³/mol. The Balaban J connectivity index is 1.65. The summed E-state index contributed by atoms with van der Waals surface area (Å²) in [4.78, 5) is 18.2. The lowest BCUT2D eigenvalue weighted by Crippen LogP contribution is -2.42. The van der Waals surface area contributed by atoms with Gasteiger partial charge in [-0.2, -0.15) is 0 Å². The number of pyridine rings is 1. The van der Waals surface area contributed by atoms with Gasteiger partial charge in [0.25, 0.3) is 5.91 Å². The van der Waals surface area contributed by atoms with Crippen LogP contribution in [0.2, 0.25) is 0 Å². The first kappa shape index (κ1) is 13.4. The van der Waals surface area contributed by atoms with Gasteiger partial charge in [0, 0.05) is 30.9 Å². The van der Waals surface area contributed by atoms with Crippen molar-refractivity contribution in [3.63, 3.8) is 0 Å². The molecule has 2 fully saturated rings. The van der Waals surface area contributed by atoms with Crippen molar-refractivity contribution >= 4 is 5.91 Å². The maximum atomic E-state index is 12.4. The fourth-order valence-corrected chi connectivity index (χ4v) is 2.43. The maximum Gasteiger partial charge on any atom is 0.254 e. The highest BCUT2D eigenvalue weighted by Crippen LogP contribution is 2.29. The second kappa shape index (κ2) is 5.79. The zero-order valence-electron chi connectivity index (χ0n) is 11.5. The van der Waals surface area contributed by atoms with Crippen molar-refractivity contribution in [2.75, 3.05) is 19.7 Å². The number of ether oxygens (including phenoxy) is 1. The van der Waals surface area contributed by atoms with E-state index in [9.17, 15) is 9.90 Å². The van der Waals surface area contributed by atoms with Crippen molar-refractivity contribution < 1.29 is 14.6 Å². The minimum absolute atomic E-state index is 0.0533. The van der Waals surface area contributed by atoms with Gasteiger partial charge in [-0.05, 0) is 37.7 Å². The summed E-state index contributed by atoms with van der Waals surface area (Å²) < 4.78 is 5.60. The van der Waals surface area contributed by atoms with E-state index < -0.39 is 6.10 Å². The van der Waals surface area contributed by atoms with Crippen LogP contribution in [0, 0.1) is 5.92 Å². The second-order valence-electron chi connectivity index (χ2n) is 5.68. The summed E-state index contributed by atoms with van der Waals surface area (Å²) in [5, 5.41) is 9.65. The molecule has 0 aromatic carbocycles. The number of nitrogens with zero attached hydrogens (tertiary/aromatic N) is 2. The minimum atomic E-state index is -0.403. The molecule has 1 aliphatic carbocycles. The number of carbonyl (C=O) groups excluding carboxylic acids is 1. The highest BCUT2D eigenvalue weighted by molar-refractivity contribution is 5.94. The van der Waals surface area contributed by atoms with Crippen LogP contribution in [0.1, 0.15) is 36.0 Å². The highest BCUT2D eigenvalue weighted by Gasteiger charge is 2.24. The van der Waals surface area contributed by atoms with Crippen LogP contribution in [0.5, 0.6) is 5.88 Å². The lowest BCUT2D eigenvalue weighted by Gasteiger charge is -2.30. The summed E-state index contributed by atoms with van der Waals surface area (Å²) in [6, 6.07) is 3.40. The molecule has 0 unspecified atom stereocenters. The average Bonchev–Trinajstić information content (AvgIpc) is 3.29. The molecule has 108 valence electrons. The third kappa shape index (κ3) is 3.28. The summed E-state index contributed by atoms with van der Waals surface area (Å²) in [6.45, 7) is 1.81. The molecular formula is C15H20N2O3. The van der Waals surface area contributed by atoms with E-state index in [0.29, 0.717) is 37.1 Å². The van der Waals surface area contributed by atoms with Crippen molar-refractivity contribution in [3.8, 4) is 5.88 Å². The quantitative estimate of drug-likeness (QED) is 0.904. The average molecular weight is 276 g/mol. The molecular weight excluding hydrogens is 256 g/mol. The number of hydrogen-bond acceptors (Lipinski definition) is 4. The van der Waals surface area contributed by atoms with Gasteiger partial charge in [0.05, 0.1) is 12.7 Å². The summed E-state index contributed by atoms with van der Waals surface area (Å²) in [5.41, 5.74) is 0.583. The molecule has 1 aromatic heterocycles. The summed E-state index contributed by atoms with van der Waals surface area (Å²) >= 11 is 0. The number of rotatable bonds is 4.